The van der Waals surface area contributed by atoms with Gasteiger partial charge in [-0.1, -0.05) is 6.42 Å². The Kier molecular flexibility index (Phi) is 4.46. The number of hydrogen-bond donors (Lipinski definition) is 2. The van der Waals surface area contributed by atoms with Gasteiger partial charge in [-0.15, -0.1) is 0 Å². The van der Waals surface area contributed by atoms with Crippen molar-refractivity contribution in [2.24, 2.45) is 5.92 Å². The Labute approximate surface area is 110 Å². The van der Waals surface area contributed by atoms with E-state index in [4.69, 9.17) is 0 Å². The quantitative estimate of drug-likeness (QED) is 0.842. The molecule has 2 N–H and O–H groups in total. The van der Waals surface area contributed by atoms with Crippen molar-refractivity contribution < 1.29 is 5.11 Å². The average Bonchev–Trinajstić information content (AvgIpc) is 2.85. The molecular weight excluding hydrogens is 224 g/mol. The van der Waals surface area contributed by atoms with Crippen molar-refractivity contribution in [1.82, 2.24) is 9.88 Å². The third-order valence-electron chi connectivity index (χ3n) is 4.34. The molecule has 1 aromatic rings. The highest BCUT2D eigenvalue weighted by Gasteiger charge is 2.24. The highest BCUT2D eigenvalue weighted by molar-refractivity contribution is 5.26. The van der Waals surface area contributed by atoms with Crippen LogP contribution in [0.4, 0.5) is 0 Å². The van der Waals surface area contributed by atoms with E-state index in [0.29, 0.717) is 5.92 Å². The summed E-state index contributed by atoms with van der Waals surface area (Å²) in [7, 11) is 0. The maximum absolute atomic E-state index is 9.78. The van der Waals surface area contributed by atoms with Gasteiger partial charge < -0.3 is 15.0 Å². The number of aliphatic hydroxyl groups is 1. The highest BCUT2D eigenvalue weighted by Crippen LogP contribution is 2.24. The lowest BCUT2D eigenvalue weighted by Gasteiger charge is -2.15. The first kappa shape index (κ1) is 13.6. The number of aliphatic hydroxyl groups excluding tert-OH is 1. The summed E-state index contributed by atoms with van der Waals surface area (Å²) in [5, 5.41) is 13.3. The van der Waals surface area contributed by atoms with E-state index in [0.717, 1.165) is 26.1 Å². The fourth-order valence-electron chi connectivity index (χ4n) is 3.19. The van der Waals surface area contributed by atoms with Crippen molar-refractivity contribution in [3.05, 3.63) is 23.0 Å². The van der Waals surface area contributed by atoms with E-state index < -0.39 is 0 Å². The molecular formula is C15H26N2O. The Balaban J connectivity index is 1.86. The Morgan fingerprint density at radius 2 is 2.17 bits per heavy atom. The van der Waals surface area contributed by atoms with E-state index in [1.165, 1.54) is 29.8 Å². The number of nitrogens with zero attached hydrogens (tertiary/aromatic N) is 1. The molecule has 1 aliphatic rings. The van der Waals surface area contributed by atoms with Gasteiger partial charge in [-0.2, -0.15) is 0 Å². The number of nitrogens with one attached hydrogen (secondary N) is 1. The van der Waals surface area contributed by atoms with Gasteiger partial charge in [0.2, 0.25) is 0 Å². The number of aromatic nitrogens is 1. The fraction of sp³-hybridized carbons (Fsp3) is 0.733. The van der Waals surface area contributed by atoms with Crippen molar-refractivity contribution in [2.45, 2.75) is 59.2 Å². The summed E-state index contributed by atoms with van der Waals surface area (Å²) in [6, 6.07) is 2.27. The van der Waals surface area contributed by atoms with E-state index in [-0.39, 0.29) is 6.10 Å². The van der Waals surface area contributed by atoms with Gasteiger partial charge in [0.1, 0.15) is 0 Å². The maximum atomic E-state index is 9.78. The zero-order chi connectivity index (χ0) is 13.1. The third kappa shape index (κ3) is 2.78. The summed E-state index contributed by atoms with van der Waals surface area (Å²) in [6.07, 6.45) is 3.25. The maximum Gasteiger partial charge on any atom is 0.0580 e. The van der Waals surface area contributed by atoms with Crippen LogP contribution in [0.3, 0.4) is 0 Å². The third-order valence-corrected chi connectivity index (χ3v) is 4.34. The topological polar surface area (TPSA) is 37.2 Å². The monoisotopic (exact) mass is 250 g/mol. The van der Waals surface area contributed by atoms with E-state index >= 15 is 0 Å². The van der Waals surface area contributed by atoms with Gasteiger partial charge in [0.15, 0.2) is 0 Å². The second kappa shape index (κ2) is 5.89. The molecule has 3 heteroatoms. The molecule has 2 rings (SSSR count). The van der Waals surface area contributed by atoms with Gasteiger partial charge in [-0.3, -0.25) is 0 Å². The molecule has 3 nitrogen and oxygen atoms in total. The van der Waals surface area contributed by atoms with Crippen LogP contribution in [0, 0.1) is 19.8 Å². The molecule has 2 unspecified atom stereocenters. The normalized spacial score (nSPS) is 23.8. The van der Waals surface area contributed by atoms with Crippen LogP contribution < -0.4 is 5.32 Å². The first-order chi connectivity index (χ1) is 8.63. The smallest absolute Gasteiger partial charge is 0.0580 e. The molecule has 1 heterocycles. The van der Waals surface area contributed by atoms with Crippen LogP contribution in [-0.2, 0) is 13.1 Å². The van der Waals surface area contributed by atoms with E-state index in [1.807, 2.05) is 0 Å². The molecule has 0 spiro atoms. The molecule has 0 aliphatic heterocycles. The van der Waals surface area contributed by atoms with Crippen molar-refractivity contribution in [2.75, 3.05) is 6.54 Å². The Morgan fingerprint density at radius 3 is 2.72 bits per heavy atom. The molecule has 1 fully saturated rings. The summed E-state index contributed by atoms with van der Waals surface area (Å²) in [5.74, 6) is 0.458. The van der Waals surface area contributed by atoms with E-state index in [1.54, 1.807) is 0 Å². The zero-order valence-electron chi connectivity index (χ0n) is 11.9. The molecule has 1 saturated carbocycles. The van der Waals surface area contributed by atoms with Gasteiger partial charge in [0.05, 0.1) is 6.10 Å². The molecule has 1 aliphatic carbocycles. The van der Waals surface area contributed by atoms with Crippen molar-refractivity contribution in [1.29, 1.82) is 0 Å². The highest BCUT2D eigenvalue weighted by atomic mass is 16.3. The van der Waals surface area contributed by atoms with Gasteiger partial charge in [0, 0.05) is 31.0 Å². The SMILES string of the molecule is CCn1c(C)cc(CNCC2CCCC2O)c1C. The summed E-state index contributed by atoms with van der Waals surface area (Å²) in [6.45, 7) is 9.45. The molecule has 1 aromatic heterocycles. The minimum atomic E-state index is -0.0828. The van der Waals surface area contributed by atoms with E-state index in [2.05, 4.69) is 36.7 Å². The van der Waals surface area contributed by atoms with Gasteiger partial charge in [-0.25, -0.2) is 0 Å². The standard InChI is InChI=1S/C15H26N2O/c1-4-17-11(2)8-14(12(17)3)10-16-9-13-6-5-7-15(13)18/h8,13,15-16,18H,4-7,9-10H2,1-3H3. The molecule has 0 bridgehead atoms. The minimum Gasteiger partial charge on any atom is -0.393 e. The van der Waals surface area contributed by atoms with Crippen molar-refractivity contribution in [3.8, 4) is 0 Å². The number of aryl methyl sites for hydroxylation is 1. The van der Waals surface area contributed by atoms with Crippen LogP contribution in [0.25, 0.3) is 0 Å². The van der Waals surface area contributed by atoms with E-state index in [9.17, 15) is 5.11 Å². The Hall–Kier alpha value is -0.800. The van der Waals surface area contributed by atoms with Crippen molar-refractivity contribution >= 4 is 0 Å². The van der Waals surface area contributed by atoms with Crippen LogP contribution in [0.5, 0.6) is 0 Å². The Bertz CT molecular complexity index is 397. The lowest BCUT2D eigenvalue weighted by atomic mass is 10.1. The molecule has 0 radical (unpaired) electrons. The van der Waals surface area contributed by atoms with Crippen LogP contribution in [0.2, 0.25) is 0 Å². The minimum absolute atomic E-state index is 0.0828. The van der Waals surface area contributed by atoms with Crippen LogP contribution in [-0.4, -0.2) is 22.3 Å². The van der Waals surface area contributed by atoms with Crippen molar-refractivity contribution in [3.63, 3.8) is 0 Å². The molecule has 0 amide bonds. The summed E-state index contributed by atoms with van der Waals surface area (Å²) in [4.78, 5) is 0. The Morgan fingerprint density at radius 1 is 1.39 bits per heavy atom. The summed E-state index contributed by atoms with van der Waals surface area (Å²) < 4.78 is 2.35. The summed E-state index contributed by atoms with van der Waals surface area (Å²) >= 11 is 0. The summed E-state index contributed by atoms with van der Waals surface area (Å²) in [5.41, 5.74) is 4.10. The predicted molar refractivity (Wildman–Crippen MR) is 74.6 cm³/mol. The fourth-order valence-corrected chi connectivity index (χ4v) is 3.19. The number of hydrogen-bond acceptors (Lipinski definition) is 2. The molecule has 18 heavy (non-hydrogen) atoms. The second-order valence-electron chi connectivity index (χ2n) is 5.53. The molecule has 2 atom stereocenters. The predicted octanol–water partition coefficient (Wildman–Crippen LogP) is 2.38. The van der Waals surface area contributed by atoms with Gasteiger partial charge in [0.25, 0.3) is 0 Å². The van der Waals surface area contributed by atoms with Crippen LogP contribution in [0.1, 0.15) is 43.1 Å². The largest absolute Gasteiger partial charge is 0.393 e. The van der Waals surface area contributed by atoms with Crippen LogP contribution >= 0.6 is 0 Å². The van der Waals surface area contributed by atoms with Gasteiger partial charge >= 0.3 is 0 Å². The van der Waals surface area contributed by atoms with Gasteiger partial charge in [-0.05, 0) is 51.2 Å². The van der Waals surface area contributed by atoms with Crippen LogP contribution in [0.15, 0.2) is 6.07 Å². The first-order valence-electron chi connectivity index (χ1n) is 7.17. The lowest BCUT2D eigenvalue weighted by Crippen LogP contribution is -2.27. The lowest BCUT2D eigenvalue weighted by molar-refractivity contribution is 0.131. The zero-order valence-corrected chi connectivity index (χ0v) is 11.9. The molecule has 102 valence electrons. The second-order valence-corrected chi connectivity index (χ2v) is 5.53. The average molecular weight is 250 g/mol. The first-order valence-corrected chi connectivity index (χ1v) is 7.17. The molecule has 0 aromatic carbocycles. The molecule has 0 saturated heterocycles. The number of rotatable bonds is 5.